The molecule has 0 unspecified atom stereocenters. The highest BCUT2D eigenvalue weighted by atomic mass is 16.5. The predicted octanol–water partition coefficient (Wildman–Crippen LogP) is 1.29. The van der Waals surface area contributed by atoms with Crippen molar-refractivity contribution in [2.45, 2.75) is 6.54 Å². The summed E-state index contributed by atoms with van der Waals surface area (Å²) < 4.78 is 16.1. The number of aromatic nitrogens is 2. The van der Waals surface area contributed by atoms with Crippen molar-refractivity contribution in [1.29, 1.82) is 0 Å². The molecular formula is C15H18N4O4. The lowest BCUT2D eigenvalue weighted by atomic mass is 10.2. The molecule has 1 fully saturated rings. The van der Waals surface area contributed by atoms with E-state index in [1.165, 1.54) is 0 Å². The fraction of sp³-hybridized carbons (Fsp3) is 0.400. The number of morpholine rings is 1. The van der Waals surface area contributed by atoms with Crippen molar-refractivity contribution < 1.29 is 18.7 Å². The van der Waals surface area contributed by atoms with E-state index in [2.05, 4.69) is 15.5 Å². The molecule has 0 saturated carbocycles. The Morgan fingerprint density at radius 1 is 1.30 bits per heavy atom. The lowest BCUT2D eigenvalue weighted by Crippen LogP contribution is -2.45. The van der Waals surface area contributed by atoms with Gasteiger partial charge in [-0.05, 0) is 12.1 Å². The number of amides is 2. The van der Waals surface area contributed by atoms with Crippen molar-refractivity contribution in [3.63, 3.8) is 0 Å². The predicted molar refractivity (Wildman–Crippen MR) is 80.9 cm³/mol. The Morgan fingerprint density at radius 3 is 2.87 bits per heavy atom. The summed E-state index contributed by atoms with van der Waals surface area (Å²) in [6.07, 6.45) is 0. The number of ether oxygens (including phenoxy) is 2. The van der Waals surface area contributed by atoms with E-state index in [1.54, 1.807) is 12.0 Å². The number of hydrogen-bond acceptors (Lipinski definition) is 6. The van der Waals surface area contributed by atoms with Gasteiger partial charge in [0.1, 0.15) is 5.75 Å². The first-order valence-corrected chi connectivity index (χ1v) is 7.34. The number of rotatable bonds is 4. The molecule has 2 heterocycles. The quantitative estimate of drug-likeness (QED) is 0.913. The van der Waals surface area contributed by atoms with Crippen LogP contribution in [-0.2, 0) is 11.3 Å². The number of carbonyl (C=O) groups excluding carboxylic acids is 1. The van der Waals surface area contributed by atoms with E-state index >= 15 is 0 Å². The fourth-order valence-corrected chi connectivity index (χ4v) is 2.28. The summed E-state index contributed by atoms with van der Waals surface area (Å²) in [7, 11) is 1.58. The zero-order valence-corrected chi connectivity index (χ0v) is 12.8. The minimum Gasteiger partial charge on any atom is -0.496 e. The summed E-state index contributed by atoms with van der Waals surface area (Å²) >= 11 is 0. The van der Waals surface area contributed by atoms with Crippen LogP contribution in [0.5, 0.6) is 5.75 Å². The normalized spacial score (nSPS) is 14.6. The highest BCUT2D eigenvalue weighted by Crippen LogP contribution is 2.28. The zero-order chi connectivity index (χ0) is 16.1. The second kappa shape index (κ2) is 7.10. The Bertz CT molecular complexity index is 667. The van der Waals surface area contributed by atoms with Gasteiger partial charge in [-0.1, -0.05) is 12.1 Å². The molecule has 0 atom stereocenters. The van der Waals surface area contributed by atoms with Gasteiger partial charge in [-0.2, -0.15) is 0 Å². The summed E-state index contributed by atoms with van der Waals surface area (Å²) in [5, 5.41) is 10.7. The van der Waals surface area contributed by atoms with Crippen molar-refractivity contribution in [3.05, 3.63) is 30.2 Å². The Balaban J connectivity index is 1.62. The SMILES string of the molecule is COc1ccccc1-c1nnc(CNC(=O)N2CCOCC2)o1. The zero-order valence-electron chi connectivity index (χ0n) is 12.8. The van der Waals surface area contributed by atoms with Gasteiger partial charge in [0.2, 0.25) is 5.89 Å². The van der Waals surface area contributed by atoms with E-state index in [-0.39, 0.29) is 12.6 Å². The Hall–Kier alpha value is -2.61. The van der Waals surface area contributed by atoms with Crippen molar-refractivity contribution >= 4 is 6.03 Å². The van der Waals surface area contributed by atoms with Crippen LogP contribution >= 0.6 is 0 Å². The van der Waals surface area contributed by atoms with E-state index in [9.17, 15) is 4.79 Å². The van der Waals surface area contributed by atoms with Gasteiger partial charge in [0.25, 0.3) is 5.89 Å². The number of urea groups is 1. The third-order valence-corrected chi connectivity index (χ3v) is 3.49. The molecule has 2 amide bonds. The topological polar surface area (TPSA) is 89.7 Å². The van der Waals surface area contributed by atoms with Crippen LogP contribution in [0, 0.1) is 0 Å². The number of nitrogens with one attached hydrogen (secondary N) is 1. The number of para-hydroxylation sites is 1. The van der Waals surface area contributed by atoms with Crippen LogP contribution in [0.3, 0.4) is 0 Å². The molecule has 1 aliphatic heterocycles. The van der Waals surface area contributed by atoms with Crippen LogP contribution in [-0.4, -0.2) is 54.5 Å². The number of methoxy groups -OCH3 is 1. The van der Waals surface area contributed by atoms with Crippen LogP contribution in [0.2, 0.25) is 0 Å². The minimum atomic E-state index is -0.162. The van der Waals surface area contributed by atoms with Crippen LogP contribution < -0.4 is 10.1 Å². The summed E-state index contributed by atoms with van der Waals surface area (Å²) in [4.78, 5) is 13.7. The molecule has 0 spiro atoms. The maximum absolute atomic E-state index is 12.0. The minimum absolute atomic E-state index is 0.162. The van der Waals surface area contributed by atoms with E-state index in [0.717, 1.165) is 0 Å². The first-order chi connectivity index (χ1) is 11.3. The van der Waals surface area contributed by atoms with Crippen molar-refractivity contribution in [2.24, 2.45) is 0 Å². The van der Waals surface area contributed by atoms with Gasteiger partial charge in [-0.15, -0.1) is 10.2 Å². The fourth-order valence-electron chi connectivity index (χ4n) is 2.28. The molecule has 2 aromatic rings. The molecule has 1 aliphatic rings. The highest BCUT2D eigenvalue weighted by molar-refractivity contribution is 5.74. The van der Waals surface area contributed by atoms with E-state index in [0.29, 0.717) is 49.4 Å². The third kappa shape index (κ3) is 3.59. The number of carbonyl (C=O) groups is 1. The van der Waals surface area contributed by atoms with Gasteiger partial charge in [0, 0.05) is 13.1 Å². The lowest BCUT2D eigenvalue weighted by Gasteiger charge is -2.26. The van der Waals surface area contributed by atoms with E-state index in [1.807, 2.05) is 24.3 Å². The van der Waals surface area contributed by atoms with Crippen molar-refractivity contribution in [1.82, 2.24) is 20.4 Å². The lowest BCUT2D eigenvalue weighted by molar-refractivity contribution is 0.0530. The van der Waals surface area contributed by atoms with Crippen LogP contribution in [0.15, 0.2) is 28.7 Å². The molecule has 0 bridgehead atoms. The van der Waals surface area contributed by atoms with Gasteiger partial charge < -0.3 is 24.1 Å². The monoisotopic (exact) mass is 318 g/mol. The smallest absolute Gasteiger partial charge is 0.317 e. The second-order valence-electron chi connectivity index (χ2n) is 4.96. The van der Waals surface area contributed by atoms with E-state index in [4.69, 9.17) is 13.9 Å². The Morgan fingerprint density at radius 2 is 2.09 bits per heavy atom. The molecule has 0 radical (unpaired) electrons. The van der Waals surface area contributed by atoms with Gasteiger partial charge in [-0.25, -0.2) is 4.79 Å². The van der Waals surface area contributed by atoms with Crippen molar-refractivity contribution in [2.75, 3.05) is 33.4 Å². The Labute approximate surface area is 133 Å². The first kappa shape index (κ1) is 15.3. The molecule has 23 heavy (non-hydrogen) atoms. The number of nitrogens with zero attached hydrogens (tertiary/aromatic N) is 3. The third-order valence-electron chi connectivity index (χ3n) is 3.49. The molecule has 1 aromatic carbocycles. The number of hydrogen-bond donors (Lipinski definition) is 1. The molecule has 1 aromatic heterocycles. The molecule has 3 rings (SSSR count). The highest BCUT2D eigenvalue weighted by Gasteiger charge is 2.18. The van der Waals surface area contributed by atoms with Crippen molar-refractivity contribution in [3.8, 4) is 17.2 Å². The largest absolute Gasteiger partial charge is 0.496 e. The van der Waals surface area contributed by atoms with Gasteiger partial charge in [0.05, 0.1) is 32.4 Å². The molecular weight excluding hydrogens is 300 g/mol. The molecule has 0 aliphatic carbocycles. The summed E-state index contributed by atoms with van der Waals surface area (Å²) in [6, 6.07) is 7.22. The number of benzene rings is 1. The van der Waals surface area contributed by atoms with Gasteiger partial charge in [-0.3, -0.25) is 0 Å². The van der Waals surface area contributed by atoms with Crippen LogP contribution in [0.1, 0.15) is 5.89 Å². The molecule has 8 nitrogen and oxygen atoms in total. The van der Waals surface area contributed by atoms with Gasteiger partial charge in [0.15, 0.2) is 0 Å². The maximum Gasteiger partial charge on any atom is 0.317 e. The Kier molecular flexibility index (Phi) is 4.72. The summed E-state index contributed by atoms with van der Waals surface area (Å²) in [5.41, 5.74) is 0.716. The van der Waals surface area contributed by atoms with Gasteiger partial charge >= 0.3 is 6.03 Å². The van der Waals surface area contributed by atoms with Crippen LogP contribution in [0.25, 0.3) is 11.5 Å². The van der Waals surface area contributed by atoms with Crippen LogP contribution in [0.4, 0.5) is 4.79 Å². The molecule has 1 N–H and O–H groups in total. The summed E-state index contributed by atoms with van der Waals surface area (Å²) in [5.74, 6) is 1.35. The first-order valence-electron chi connectivity index (χ1n) is 7.34. The molecule has 122 valence electrons. The second-order valence-corrected chi connectivity index (χ2v) is 4.96. The average Bonchev–Trinajstić information content (AvgIpc) is 3.09. The summed E-state index contributed by atoms with van der Waals surface area (Å²) in [6.45, 7) is 2.47. The van der Waals surface area contributed by atoms with E-state index < -0.39 is 0 Å². The maximum atomic E-state index is 12.0. The standard InChI is InChI=1S/C15H18N4O4/c1-21-12-5-3-2-4-11(12)14-18-17-13(23-14)10-16-15(20)19-6-8-22-9-7-19/h2-5H,6-10H2,1H3,(H,16,20). The average molecular weight is 318 g/mol. The molecule has 1 saturated heterocycles. The molecule has 8 heteroatoms.